The predicted octanol–water partition coefficient (Wildman–Crippen LogP) is 2.78. The highest BCUT2D eigenvalue weighted by molar-refractivity contribution is 7.88. The fraction of sp³-hybridized carbons (Fsp3) is 0.714. The van der Waals surface area contributed by atoms with Crippen LogP contribution in [0.2, 0.25) is 25.7 Å². The van der Waals surface area contributed by atoms with Crippen molar-refractivity contribution in [2.45, 2.75) is 25.7 Å². The van der Waals surface area contributed by atoms with Crippen LogP contribution in [0.1, 0.15) is 0 Å². The predicted molar refractivity (Wildman–Crippen MR) is 56.2 cm³/mol. The van der Waals surface area contributed by atoms with Gasteiger partial charge < -0.3 is 0 Å². The Morgan fingerprint density at radius 3 is 2.36 bits per heavy atom. The number of rotatable bonds is 4. The highest BCUT2D eigenvalue weighted by Crippen LogP contribution is 2.08. The Labute approximate surface area is 77.3 Å². The van der Waals surface area contributed by atoms with Crippen molar-refractivity contribution >= 4 is 30.5 Å². The second-order valence-corrected chi connectivity index (χ2v) is 11.0. The maximum atomic E-state index is 11.1. The average Bonchev–Trinajstić information content (AvgIpc) is 1.83. The molecule has 0 aromatic carbocycles. The molecule has 0 amide bonds. The Bertz CT molecular complexity index is 162. The van der Waals surface area contributed by atoms with Gasteiger partial charge in [-0.2, -0.15) is 0 Å². The summed E-state index contributed by atoms with van der Waals surface area (Å²) in [6, 6.07) is 1.10. The summed E-state index contributed by atoms with van der Waals surface area (Å²) in [5.74, 6) is 0.763. The molecule has 11 heavy (non-hydrogen) atoms. The lowest BCUT2D eigenvalue weighted by Crippen LogP contribution is -2.21. The summed E-state index contributed by atoms with van der Waals surface area (Å²) in [5, 5.41) is 1.54. The second kappa shape index (κ2) is 5.12. The van der Waals surface area contributed by atoms with Crippen molar-refractivity contribution in [2.24, 2.45) is 0 Å². The SMILES string of the molecule is C[Si](C)(C)CCS(=O)/C=C\Cl. The smallest absolute Gasteiger partial charge is 0.0461 e. The zero-order chi connectivity index (χ0) is 8.91. The van der Waals surface area contributed by atoms with Gasteiger partial charge in [0.1, 0.15) is 0 Å². The Kier molecular flexibility index (Phi) is 5.30. The van der Waals surface area contributed by atoms with E-state index in [9.17, 15) is 4.21 Å². The third-order valence-corrected chi connectivity index (χ3v) is 4.69. The quantitative estimate of drug-likeness (QED) is 0.653. The van der Waals surface area contributed by atoms with Crippen LogP contribution in [0.15, 0.2) is 10.9 Å². The van der Waals surface area contributed by atoms with Crippen LogP contribution in [0.5, 0.6) is 0 Å². The van der Waals surface area contributed by atoms with Crippen molar-refractivity contribution in [3.63, 3.8) is 0 Å². The first-order valence-electron chi connectivity index (χ1n) is 3.60. The molecule has 4 heteroatoms. The van der Waals surface area contributed by atoms with Crippen LogP contribution in [0.25, 0.3) is 0 Å². The zero-order valence-electron chi connectivity index (χ0n) is 7.26. The van der Waals surface area contributed by atoms with Crippen LogP contribution in [0.3, 0.4) is 0 Å². The van der Waals surface area contributed by atoms with Crippen LogP contribution >= 0.6 is 11.6 Å². The van der Waals surface area contributed by atoms with Crippen LogP contribution in [-0.4, -0.2) is 18.0 Å². The molecule has 0 heterocycles. The number of hydrogen-bond donors (Lipinski definition) is 0. The highest BCUT2D eigenvalue weighted by atomic mass is 35.5. The molecule has 0 rings (SSSR count). The fourth-order valence-corrected chi connectivity index (χ4v) is 4.38. The van der Waals surface area contributed by atoms with Gasteiger partial charge in [-0.25, -0.2) is 0 Å². The molecule has 0 aliphatic heterocycles. The Balaban J connectivity index is 3.63. The monoisotopic (exact) mass is 210 g/mol. The minimum Gasteiger partial charge on any atom is -0.255 e. The van der Waals surface area contributed by atoms with Crippen LogP contribution in [0, 0.1) is 0 Å². The van der Waals surface area contributed by atoms with Crippen LogP contribution in [0.4, 0.5) is 0 Å². The van der Waals surface area contributed by atoms with Gasteiger partial charge in [0.15, 0.2) is 0 Å². The molecule has 1 atom stereocenters. The van der Waals surface area contributed by atoms with Gasteiger partial charge in [0, 0.05) is 35.6 Å². The van der Waals surface area contributed by atoms with E-state index in [1.54, 1.807) is 5.41 Å². The Morgan fingerprint density at radius 2 is 2.00 bits per heavy atom. The molecule has 0 radical (unpaired) electrons. The van der Waals surface area contributed by atoms with Crippen molar-refractivity contribution in [3.8, 4) is 0 Å². The lowest BCUT2D eigenvalue weighted by Gasteiger charge is -2.13. The summed E-state index contributed by atoms with van der Waals surface area (Å²) in [4.78, 5) is 0. The first-order valence-corrected chi connectivity index (χ1v) is 9.12. The van der Waals surface area contributed by atoms with Gasteiger partial charge >= 0.3 is 0 Å². The number of hydrogen-bond acceptors (Lipinski definition) is 1. The second-order valence-electron chi connectivity index (χ2n) is 3.66. The van der Waals surface area contributed by atoms with Gasteiger partial charge in [0.05, 0.1) is 0 Å². The number of halogens is 1. The molecule has 0 saturated heterocycles. The van der Waals surface area contributed by atoms with E-state index >= 15 is 0 Å². The van der Waals surface area contributed by atoms with Crippen molar-refractivity contribution in [3.05, 3.63) is 10.9 Å². The van der Waals surface area contributed by atoms with E-state index in [1.807, 2.05) is 0 Å². The normalized spacial score (nSPS) is 15.6. The van der Waals surface area contributed by atoms with Crippen LogP contribution < -0.4 is 0 Å². The van der Waals surface area contributed by atoms with E-state index in [2.05, 4.69) is 19.6 Å². The van der Waals surface area contributed by atoms with Crippen molar-refractivity contribution in [1.29, 1.82) is 0 Å². The van der Waals surface area contributed by atoms with E-state index < -0.39 is 18.9 Å². The first kappa shape index (κ1) is 11.4. The molecule has 0 spiro atoms. The third kappa shape index (κ3) is 8.30. The van der Waals surface area contributed by atoms with E-state index in [0.717, 1.165) is 11.8 Å². The van der Waals surface area contributed by atoms with Gasteiger partial charge in [0.2, 0.25) is 0 Å². The van der Waals surface area contributed by atoms with Gasteiger partial charge in [-0.1, -0.05) is 31.2 Å². The van der Waals surface area contributed by atoms with Crippen molar-refractivity contribution < 1.29 is 4.21 Å². The molecular weight excluding hydrogens is 196 g/mol. The molecule has 0 aliphatic rings. The molecule has 0 aromatic heterocycles. The Morgan fingerprint density at radius 1 is 1.45 bits per heavy atom. The minimum atomic E-state index is -1.02. The minimum absolute atomic E-state index is 0.763. The zero-order valence-corrected chi connectivity index (χ0v) is 9.84. The maximum Gasteiger partial charge on any atom is 0.0461 e. The van der Waals surface area contributed by atoms with E-state index in [1.165, 1.54) is 5.54 Å². The molecule has 0 aromatic rings. The molecule has 0 N–H and O–H groups in total. The van der Waals surface area contributed by atoms with Crippen LogP contribution in [-0.2, 0) is 10.8 Å². The first-order chi connectivity index (χ1) is 4.95. The molecule has 0 bridgehead atoms. The Hall–Kier alpha value is 0.397. The van der Waals surface area contributed by atoms with Gasteiger partial charge in [-0.3, -0.25) is 4.21 Å². The molecule has 1 nitrogen and oxygen atoms in total. The topological polar surface area (TPSA) is 17.1 Å². The van der Waals surface area contributed by atoms with Crippen molar-refractivity contribution in [1.82, 2.24) is 0 Å². The van der Waals surface area contributed by atoms with Gasteiger partial charge in [0.25, 0.3) is 0 Å². The summed E-state index contributed by atoms with van der Waals surface area (Å²) in [6.45, 7) is 6.82. The molecular formula is C7H15ClOSSi. The summed E-state index contributed by atoms with van der Waals surface area (Å²) < 4.78 is 11.1. The summed E-state index contributed by atoms with van der Waals surface area (Å²) >= 11 is 5.28. The summed E-state index contributed by atoms with van der Waals surface area (Å²) in [6.07, 6.45) is 0. The van der Waals surface area contributed by atoms with E-state index in [0.29, 0.717) is 0 Å². The third-order valence-electron chi connectivity index (χ3n) is 1.26. The highest BCUT2D eigenvalue weighted by Gasteiger charge is 2.13. The van der Waals surface area contributed by atoms with E-state index in [4.69, 9.17) is 11.6 Å². The summed E-state index contributed by atoms with van der Waals surface area (Å²) in [5.41, 5.74) is 1.33. The maximum absolute atomic E-state index is 11.1. The average molecular weight is 211 g/mol. The molecule has 1 unspecified atom stereocenters. The fourth-order valence-electron chi connectivity index (χ4n) is 0.532. The standard InChI is InChI=1S/C7H15ClOSSi/c1-11(2,3)7-6-10(9)5-4-8/h4-5H,6-7H2,1-3H3/b5-4-. The molecule has 0 aliphatic carbocycles. The van der Waals surface area contributed by atoms with Gasteiger partial charge in [-0.05, 0) is 6.04 Å². The summed E-state index contributed by atoms with van der Waals surface area (Å²) in [7, 11) is -1.86. The lowest BCUT2D eigenvalue weighted by atomic mass is 11.0. The largest absolute Gasteiger partial charge is 0.255 e. The van der Waals surface area contributed by atoms with E-state index in [-0.39, 0.29) is 0 Å². The molecule has 0 fully saturated rings. The lowest BCUT2D eigenvalue weighted by molar-refractivity contribution is 0.689. The van der Waals surface area contributed by atoms with Crippen molar-refractivity contribution in [2.75, 3.05) is 5.75 Å². The molecule has 66 valence electrons. The molecule has 0 saturated carbocycles. The van der Waals surface area contributed by atoms with Gasteiger partial charge in [-0.15, -0.1) is 0 Å².